The maximum atomic E-state index is 11.9. The van der Waals surface area contributed by atoms with E-state index >= 15 is 0 Å². The molecule has 0 saturated carbocycles. The van der Waals surface area contributed by atoms with Crippen LogP contribution < -0.4 is 4.74 Å². The van der Waals surface area contributed by atoms with Gasteiger partial charge in [-0.3, -0.25) is 4.79 Å². The molecule has 1 atom stereocenters. The Morgan fingerprint density at radius 3 is 3.06 bits per heavy atom. The van der Waals surface area contributed by atoms with Gasteiger partial charge in [-0.1, -0.05) is 0 Å². The van der Waals surface area contributed by atoms with Gasteiger partial charge in [0.1, 0.15) is 23.2 Å². The SMILES string of the molecule is N#CCC1CC(=O)c2c(O)ccc(SCl)c2O1. The van der Waals surface area contributed by atoms with Gasteiger partial charge in [-0.05, 0) is 33.8 Å². The van der Waals surface area contributed by atoms with E-state index in [4.69, 9.17) is 20.7 Å². The number of rotatable bonds is 2. The molecule has 1 N–H and O–H groups in total. The molecule has 88 valence electrons. The summed E-state index contributed by atoms with van der Waals surface area (Å²) in [5, 5.41) is 18.3. The maximum Gasteiger partial charge on any atom is 0.174 e. The van der Waals surface area contributed by atoms with E-state index in [1.807, 2.05) is 6.07 Å². The van der Waals surface area contributed by atoms with Crippen molar-refractivity contribution >= 4 is 27.4 Å². The van der Waals surface area contributed by atoms with Crippen molar-refractivity contribution in [1.29, 1.82) is 5.26 Å². The molecular formula is C11H8ClNO3S. The fourth-order valence-corrected chi connectivity index (χ4v) is 2.44. The zero-order valence-corrected chi connectivity index (χ0v) is 10.2. The number of Topliss-reactive ketones (excluding diaryl/α,β-unsaturated/α-hetero) is 1. The first kappa shape index (κ1) is 12.1. The third-order valence-corrected chi connectivity index (χ3v) is 3.46. The Morgan fingerprint density at radius 1 is 1.65 bits per heavy atom. The Balaban J connectivity index is 2.48. The van der Waals surface area contributed by atoms with Gasteiger partial charge in [-0.2, -0.15) is 5.26 Å². The quantitative estimate of drug-likeness (QED) is 0.894. The van der Waals surface area contributed by atoms with E-state index in [9.17, 15) is 9.90 Å². The summed E-state index contributed by atoms with van der Waals surface area (Å²) in [6, 6.07) is 4.95. The van der Waals surface area contributed by atoms with Crippen LogP contribution >= 0.6 is 21.7 Å². The Kier molecular flexibility index (Phi) is 3.46. The minimum atomic E-state index is -0.468. The van der Waals surface area contributed by atoms with Gasteiger partial charge in [-0.15, -0.1) is 0 Å². The van der Waals surface area contributed by atoms with Gasteiger partial charge in [0, 0.05) is 6.42 Å². The number of ether oxygens (including phenoxy) is 1. The van der Waals surface area contributed by atoms with Crippen LogP contribution in [0.5, 0.6) is 11.5 Å². The number of hydrogen-bond acceptors (Lipinski definition) is 5. The normalized spacial score (nSPS) is 18.1. The maximum absolute atomic E-state index is 11.9. The predicted octanol–water partition coefficient (Wildman–Crippen LogP) is 2.89. The van der Waals surface area contributed by atoms with Crippen LogP contribution in [0.1, 0.15) is 23.2 Å². The summed E-state index contributed by atoms with van der Waals surface area (Å²) in [6.45, 7) is 0. The van der Waals surface area contributed by atoms with Crippen molar-refractivity contribution in [3.63, 3.8) is 0 Å². The van der Waals surface area contributed by atoms with Crippen LogP contribution in [-0.2, 0) is 0 Å². The Morgan fingerprint density at radius 2 is 2.41 bits per heavy atom. The number of benzene rings is 1. The number of nitrogens with zero attached hydrogens (tertiary/aromatic N) is 1. The lowest BCUT2D eigenvalue weighted by molar-refractivity contribution is 0.0845. The molecule has 0 aromatic heterocycles. The number of hydrogen-bond donors (Lipinski definition) is 1. The Labute approximate surface area is 107 Å². The molecule has 0 aliphatic carbocycles. The standard InChI is InChI=1S/C11H8ClNO3S/c12-17-9-2-1-7(14)10-8(15)5-6(3-4-13)16-11(9)10/h1-2,6,14H,3,5H2. The lowest BCUT2D eigenvalue weighted by Crippen LogP contribution is -2.26. The fourth-order valence-electron chi connectivity index (χ4n) is 1.73. The van der Waals surface area contributed by atoms with Crippen LogP contribution in [0.25, 0.3) is 0 Å². The molecule has 1 aliphatic heterocycles. The molecule has 0 fully saturated rings. The average molecular weight is 270 g/mol. The largest absolute Gasteiger partial charge is 0.507 e. The van der Waals surface area contributed by atoms with Gasteiger partial charge in [-0.25, -0.2) is 0 Å². The first-order valence-electron chi connectivity index (χ1n) is 4.88. The topological polar surface area (TPSA) is 70.3 Å². The molecule has 1 aromatic carbocycles. The minimum absolute atomic E-state index is 0.102. The Bertz CT molecular complexity index is 512. The second kappa shape index (κ2) is 4.86. The molecule has 0 radical (unpaired) electrons. The van der Waals surface area contributed by atoms with Gasteiger partial charge in [0.05, 0.1) is 17.4 Å². The molecule has 0 amide bonds. The third-order valence-electron chi connectivity index (χ3n) is 2.48. The van der Waals surface area contributed by atoms with Crippen molar-refractivity contribution in [2.24, 2.45) is 0 Å². The molecule has 0 saturated heterocycles. The second-order valence-corrected chi connectivity index (χ2v) is 4.65. The van der Waals surface area contributed by atoms with Crippen LogP contribution in [0.15, 0.2) is 17.0 Å². The average Bonchev–Trinajstić information content (AvgIpc) is 2.29. The van der Waals surface area contributed by atoms with Crippen LogP contribution in [0, 0.1) is 11.3 Å². The number of fused-ring (bicyclic) bond motifs is 1. The highest BCUT2D eigenvalue weighted by molar-refractivity contribution is 8.21. The van der Waals surface area contributed by atoms with E-state index < -0.39 is 6.10 Å². The molecule has 0 bridgehead atoms. The monoisotopic (exact) mass is 269 g/mol. The number of aromatic hydroxyl groups is 1. The predicted molar refractivity (Wildman–Crippen MR) is 63.4 cm³/mol. The van der Waals surface area contributed by atoms with Gasteiger partial charge >= 0.3 is 0 Å². The highest BCUT2D eigenvalue weighted by Gasteiger charge is 2.31. The van der Waals surface area contributed by atoms with Crippen molar-refractivity contribution in [3.05, 3.63) is 17.7 Å². The molecule has 2 rings (SSSR count). The molecule has 1 unspecified atom stereocenters. The van der Waals surface area contributed by atoms with Gasteiger partial charge < -0.3 is 9.84 Å². The van der Waals surface area contributed by atoms with Crippen LogP contribution in [0.2, 0.25) is 0 Å². The van der Waals surface area contributed by atoms with Crippen molar-refractivity contribution in [2.75, 3.05) is 0 Å². The number of phenolic OH excluding ortho intramolecular Hbond substituents is 1. The summed E-state index contributed by atoms with van der Waals surface area (Å²) in [4.78, 5) is 12.4. The van der Waals surface area contributed by atoms with Crippen molar-refractivity contribution < 1.29 is 14.6 Å². The summed E-state index contributed by atoms with van der Waals surface area (Å²) in [5.74, 6) is -0.0621. The van der Waals surface area contributed by atoms with E-state index in [-0.39, 0.29) is 35.7 Å². The Hall–Kier alpha value is -1.38. The molecule has 1 aliphatic rings. The van der Waals surface area contributed by atoms with Crippen LogP contribution in [0.4, 0.5) is 0 Å². The summed E-state index contributed by atoms with van der Waals surface area (Å²) in [5.41, 5.74) is 0.157. The summed E-state index contributed by atoms with van der Waals surface area (Å²) >= 11 is 0. The zero-order valence-electron chi connectivity index (χ0n) is 8.64. The molecule has 1 heterocycles. The van der Waals surface area contributed by atoms with E-state index in [2.05, 4.69) is 0 Å². The molecular weight excluding hydrogens is 262 g/mol. The smallest absolute Gasteiger partial charge is 0.174 e. The first-order valence-corrected chi connectivity index (χ1v) is 6.53. The number of carbonyl (C=O) groups excluding carboxylic acids is 1. The van der Waals surface area contributed by atoms with Crippen molar-refractivity contribution in [2.45, 2.75) is 23.8 Å². The number of halogens is 1. The minimum Gasteiger partial charge on any atom is -0.507 e. The van der Waals surface area contributed by atoms with Crippen LogP contribution in [0.3, 0.4) is 0 Å². The lowest BCUT2D eigenvalue weighted by Gasteiger charge is -2.25. The second-order valence-electron chi connectivity index (χ2n) is 3.59. The van der Waals surface area contributed by atoms with E-state index in [1.165, 1.54) is 6.07 Å². The van der Waals surface area contributed by atoms with Crippen LogP contribution in [-0.4, -0.2) is 17.0 Å². The highest BCUT2D eigenvalue weighted by Crippen LogP contribution is 2.43. The van der Waals surface area contributed by atoms with Crippen molar-refractivity contribution in [1.82, 2.24) is 0 Å². The molecule has 1 aromatic rings. The van der Waals surface area contributed by atoms with Crippen molar-refractivity contribution in [3.8, 4) is 17.6 Å². The zero-order chi connectivity index (χ0) is 12.4. The third kappa shape index (κ3) is 2.19. The number of ketones is 1. The summed E-state index contributed by atoms with van der Waals surface area (Å²) in [7, 11) is 6.58. The van der Waals surface area contributed by atoms with Gasteiger partial charge in [0.2, 0.25) is 0 Å². The van der Waals surface area contributed by atoms with E-state index in [1.54, 1.807) is 6.07 Å². The lowest BCUT2D eigenvalue weighted by atomic mass is 9.98. The van der Waals surface area contributed by atoms with E-state index in [0.717, 1.165) is 11.0 Å². The number of carbonyl (C=O) groups is 1. The molecule has 17 heavy (non-hydrogen) atoms. The van der Waals surface area contributed by atoms with Gasteiger partial charge in [0.25, 0.3) is 0 Å². The summed E-state index contributed by atoms with van der Waals surface area (Å²) in [6.07, 6.45) is -0.234. The molecule has 0 spiro atoms. The molecule has 6 heteroatoms. The fraction of sp³-hybridized carbons (Fsp3) is 0.273. The molecule has 4 nitrogen and oxygen atoms in total. The highest BCUT2D eigenvalue weighted by atomic mass is 35.7. The first-order chi connectivity index (χ1) is 8.17. The van der Waals surface area contributed by atoms with Gasteiger partial charge in [0.15, 0.2) is 5.78 Å². The summed E-state index contributed by atoms with van der Waals surface area (Å²) < 4.78 is 5.54. The number of nitriles is 1. The van der Waals surface area contributed by atoms with E-state index in [0.29, 0.717) is 4.90 Å². The number of phenols is 1.